The molecule has 1 aromatic heterocycles. The van der Waals surface area contributed by atoms with Crippen LogP contribution in [0.4, 0.5) is 0 Å². The summed E-state index contributed by atoms with van der Waals surface area (Å²) in [6.45, 7) is 1.56. The van der Waals surface area contributed by atoms with Crippen LogP contribution in [0.25, 0.3) is 11.3 Å². The fourth-order valence-corrected chi connectivity index (χ4v) is 2.21. The number of carbonyl (C=O) groups is 1. The van der Waals surface area contributed by atoms with E-state index in [0.717, 1.165) is 0 Å². The van der Waals surface area contributed by atoms with Crippen LogP contribution in [0.1, 0.15) is 17.3 Å². The lowest BCUT2D eigenvalue weighted by atomic mass is 10.1. The highest BCUT2D eigenvalue weighted by Crippen LogP contribution is 2.31. The molecule has 1 atom stereocenters. The molecule has 3 N–H and O–H groups in total. The zero-order valence-corrected chi connectivity index (χ0v) is 12.2. The number of H-pyrrole nitrogens is 1. The Hall–Kier alpha value is -1.56. The van der Waals surface area contributed by atoms with Crippen LogP contribution in [0.3, 0.4) is 0 Å². The molecule has 0 spiro atoms. The van der Waals surface area contributed by atoms with Crippen molar-refractivity contribution in [2.45, 2.75) is 13.0 Å². The van der Waals surface area contributed by atoms with Crippen molar-refractivity contribution in [3.05, 3.63) is 40.0 Å². The van der Waals surface area contributed by atoms with Crippen LogP contribution in [0.5, 0.6) is 0 Å². The Morgan fingerprint density at radius 2 is 2.25 bits per heavy atom. The molecule has 5 nitrogen and oxygen atoms in total. The summed E-state index contributed by atoms with van der Waals surface area (Å²) >= 11 is 12.0. The van der Waals surface area contributed by atoms with E-state index in [0.29, 0.717) is 26.9 Å². The van der Waals surface area contributed by atoms with E-state index < -0.39 is 0 Å². The molecule has 1 aromatic carbocycles. The standard InChI is InChI=1S/C13H13Cl2N3O2/c1-7(6-19)17-13(20)10-5-16-18-12(10)9-3-2-8(14)4-11(9)15/h2-5,7,19H,6H2,1H3,(H,16,18)(H,17,20). The topological polar surface area (TPSA) is 78.0 Å². The molecule has 0 saturated heterocycles. The van der Waals surface area contributed by atoms with Gasteiger partial charge in [-0.25, -0.2) is 0 Å². The molecule has 0 saturated carbocycles. The molecular formula is C13H13Cl2N3O2. The second kappa shape index (κ2) is 6.26. The number of hydrogen-bond acceptors (Lipinski definition) is 3. The molecule has 0 aliphatic rings. The van der Waals surface area contributed by atoms with Gasteiger partial charge in [-0.3, -0.25) is 9.89 Å². The summed E-state index contributed by atoms with van der Waals surface area (Å²) in [5, 5.41) is 19.2. The maximum absolute atomic E-state index is 12.1. The summed E-state index contributed by atoms with van der Waals surface area (Å²) in [7, 11) is 0. The molecule has 2 rings (SSSR count). The van der Waals surface area contributed by atoms with Crippen molar-refractivity contribution in [3.63, 3.8) is 0 Å². The number of aromatic nitrogens is 2. The summed E-state index contributed by atoms with van der Waals surface area (Å²) in [5.41, 5.74) is 1.50. The lowest BCUT2D eigenvalue weighted by Gasteiger charge is -2.11. The van der Waals surface area contributed by atoms with Crippen molar-refractivity contribution in [1.29, 1.82) is 0 Å². The fourth-order valence-electron chi connectivity index (χ4n) is 1.70. The maximum atomic E-state index is 12.1. The van der Waals surface area contributed by atoms with Crippen molar-refractivity contribution in [2.75, 3.05) is 6.61 Å². The molecule has 0 aliphatic heterocycles. The highest BCUT2D eigenvalue weighted by Gasteiger charge is 2.18. The fraction of sp³-hybridized carbons (Fsp3) is 0.231. The highest BCUT2D eigenvalue weighted by atomic mass is 35.5. The van der Waals surface area contributed by atoms with Crippen LogP contribution in [-0.2, 0) is 0 Å². The lowest BCUT2D eigenvalue weighted by Crippen LogP contribution is -2.35. The highest BCUT2D eigenvalue weighted by molar-refractivity contribution is 6.36. The van der Waals surface area contributed by atoms with Crippen molar-refractivity contribution in [3.8, 4) is 11.3 Å². The van der Waals surface area contributed by atoms with E-state index in [-0.39, 0.29) is 18.6 Å². The molecule has 20 heavy (non-hydrogen) atoms. The number of carbonyl (C=O) groups excluding carboxylic acids is 1. The van der Waals surface area contributed by atoms with Crippen LogP contribution < -0.4 is 5.32 Å². The third kappa shape index (κ3) is 3.12. The molecule has 0 bridgehead atoms. The quantitative estimate of drug-likeness (QED) is 0.811. The smallest absolute Gasteiger partial charge is 0.255 e. The first kappa shape index (κ1) is 14.8. The molecule has 0 fully saturated rings. The number of rotatable bonds is 4. The second-order valence-corrected chi connectivity index (χ2v) is 5.18. The van der Waals surface area contributed by atoms with Crippen LogP contribution in [0.15, 0.2) is 24.4 Å². The van der Waals surface area contributed by atoms with Crippen LogP contribution in [0.2, 0.25) is 10.0 Å². The van der Waals surface area contributed by atoms with Gasteiger partial charge in [0.25, 0.3) is 5.91 Å². The zero-order valence-electron chi connectivity index (χ0n) is 10.7. The Morgan fingerprint density at radius 3 is 2.90 bits per heavy atom. The largest absolute Gasteiger partial charge is 0.394 e. The monoisotopic (exact) mass is 313 g/mol. The first-order chi connectivity index (χ1) is 9.52. The SMILES string of the molecule is CC(CO)NC(=O)c1cn[nH]c1-c1ccc(Cl)cc1Cl. The molecule has 1 unspecified atom stereocenters. The molecule has 0 aliphatic carbocycles. The van der Waals surface area contributed by atoms with Gasteiger partial charge in [0.1, 0.15) is 0 Å². The van der Waals surface area contributed by atoms with Crippen LogP contribution >= 0.6 is 23.2 Å². The number of amides is 1. The second-order valence-electron chi connectivity index (χ2n) is 4.34. The Labute approximate surface area is 125 Å². The van der Waals surface area contributed by atoms with E-state index in [9.17, 15) is 4.79 Å². The van der Waals surface area contributed by atoms with E-state index in [1.54, 1.807) is 25.1 Å². The number of aromatic amines is 1. The van der Waals surface area contributed by atoms with Crippen molar-refractivity contribution < 1.29 is 9.90 Å². The van der Waals surface area contributed by atoms with Gasteiger partial charge in [-0.2, -0.15) is 5.10 Å². The number of hydrogen-bond donors (Lipinski definition) is 3. The van der Waals surface area contributed by atoms with Gasteiger partial charge in [-0.1, -0.05) is 23.2 Å². The normalized spacial score (nSPS) is 12.2. The van der Waals surface area contributed by atoms with Gasteiger partial charge in [0.15, 0.2) is 0 Å². The lowest BCUT2D eigenvalue weighted by molar-refractivity contribution is 0.0923. The van der Waals surface area contributed by atoms with E-state index in [1.807, 2.05) is 0 Å². The minimum atomic E-state index is -0.342. The third-order valence-electron chi connectivity index (χ3n) is 2.74. The Balaban J connectivity index is 2.35. The molecule has 2 aromatic rings. The zero-order chi connectivity index (χ0) is 14.7. The van der Waals surface area contributed by atoms with Crippen LogP contribution in [-0.4, -0.2) is 33.9 Å². The van der Waals surface area contributed by atoms with Gasteiger partial charge in [0.2, 0.25) is 0 Å². The number of nitrogens with zero attached hydrogens (tertiary/aromatic N) is 1. The molecule has 0 radical (unpaired) electrons. The van der Waals surface area contributed by atoms with Crippen molar-refractivity contribution in [2.24, 2.45) is 0 Å². The third-order valence-corrected chi connectivity index (χ3v) is 3.28. The molecule has 106 valence electrons. The predicted octanol–water partition coefficient (Wildman–Crippen LogP) is 2.49. The van der Waals surface area contributed by atoms with Crippen molar-refractivity contribution in [1.82, 2.24) is 15.5 Å². The summed E-state index contributed by atoms with van der Waals surface area (Å²) in [5.74, 6) is -0.332. The molecule has 7 heteroatoms. The molecular weight excluding hydrogens is 301 g/mol. The molecule has 1 heterocycles. The number of halogens is 2. The van der Waals surface area contributed by atoms with Gasteiger partial charge >= 0.3 is 0 Å². The Morgan fingerprint density at radius 1 is 1.50 bits per heavy atom. The number of aliphatic hydroxyl groups is 1. The molecule has 1 amide bonds. The average Bonchev–Trinajstić information content (AvgIpc) is 2.87. The first-order valence-corrected chi connectivity index (χ1v) is 6.69. The van der Waals surface area contributed by atoms with Gasteiger partial charge in [-0.05, 0) is 25.1 Å². The van der Waals surface area contributed by atoms with E-state index in [2.05, 4.69) is 15.5 Å². The van der Waals surface area contributed by atoms with Gasteiger partial charge in [0.05, 0.1) is 29.1 Å². The Bertz CT molecular complexity index is 628. The minimum Gasteiger partial charge on any atom is -0.394 e. The minimum absolute atomic E-state index is 0.138. The summed E-state index contributed by atoms with van der Waals surface area (Å²) in [4.78, 5) is 12.1. The summed E-state index contributed by atoms with van der Waals surface area (Å²) in [6.07, 6.45) is 1.42. The average molecular weight is 314 g/mol. The van der Waals surface area contributed by atoms with Crippen molar-refractivity contribution >= 4 is 29.1 Å². The first-order valence-electron chi connectivity index (χ1n) is 5.93. The number of aliphatic hydroxyl groups excluding tert-OH is 1. The predicted molar refractivity (Wildman–Crippen MR) is 78.1 cm³/mol. The number of benzene rings is 1. The number of nitrogens with one attached hydrogen (secondary N) is 2. The van der Waals surface area contributed by atoms with Crippen LogP contribution in [0, 0.1) is 0 Å². The summed E-state index contributed by atoms with van der Waals surface area (Å²) < 4.78 is 0. The maximum Gasteiger partial charge on any atom is 0.255 e. The van der Waals surface area contributed by atoms with E-state index >= 15 is 0 Å². The van der Waals surface area contributed by atoms with Gasteiger partial charge in [0, 0.05) is 16.6 Å². The summed E-state index contributed by atoms with van der Waals surface area (Å²) in [6, 6.07) is 4.65. The van der Waals surface area contributed by atoms with E-state index in [1.165, 1.54) is 6.20 Å². The van der Waals surface area contributed by atoms with Gasteiger partial charge in [-0.15, -0.1) is 0 Å². The van der Waals surface area contributed by atoms with Gasteiger partial charge < -0.3 is 10.4 Å². The van der Waals surface area contributed by atoms with E-state index in [4.69, 9.17) is 28.3 Å². The Kier molecular flexibility index (Phi) is 4.65.